The lowest BCUT2D eigenvalue weighted by Crippen LogP contribution is -2.06. The molecule has 1 N–H and O–H groups in total. The zero-order valence-corrected chi connectivity index (χ0v) is 11.6. The number of aryl methyl sites for hydroxylation is 2. The van der Waals surface area contributed by atoms with Crippen molar-refractivity contribution in [2.24, 2.45) is 0 Å². The van der Waals surface area contributed by atoms with E-state index in [1.165, 1.54) is 0 Å². The van der Waals surface area contributed by atoms with Crippen molar-refractivity contribution in [2.75, 3.05) is 24.4 Å². The lowest BCUT2D eigenvalue weighted by molar-refractivity contribution is 0.919. The molecule has 14 heavy (non-hydrogen) atoms. The van der Waals surface area contributed by atoms with Gasteiger partial charge in [0.15, 0.2) is 0 Å². The summed E-state index contributed by atoms with van der Waals surface area (Å²) in [5, 5.41) is 3.09. The number of halogens is 1. The van der Waals surface area contributed by atoms with E-state index in [1.807, 2.05) is 25.7 Å². The summed E-state index contributed by atoms with van der Waals surface area (Å²) >= 11 is 4.08. The van der Waals surface area contributed by atoms with Crippen LogP contribution in [0.5, 0.6) is 0 Å². The maximum atomic E-state index is 4.45. The van der Waals surface area contributed by atoms with Crippen LogP contribution in [0, 0.1) is 10.5 Å². The molecule has 78 valence electrons. The van der Waals surface area contributed by atoms with Crippen molar-refractivity contribution in [1.82, 2.24) is 9.97 Å². The third-order valence-electron chi connectivity index (χ3n) is 1.83. The molecule has 0 unspecified atom stereocenters. The molecule has 0 bridgehead atoms. The summed E-state index contributed by atoms with van der Waals surface area (Å²) < 4.78 is 1.11. The molecule has 0 spiro atoms. The molecule has 0 saturated heterocycles. The van der Waals surface area contributed by atoms with E-state index in [0.29, 0.717) is 0 Å². The van der Waals surface area contributed by atoms with Gasteiger partial charge in [0, 0.05) is 19.2 Å². The molecule has 1 aromatic heterocycles. The molecule has 0 aliphatic rings. The summed E-state index contributed by atoms with van der Waals surface area (Å²) in [7, 11) is 1.89. The van der Waals surface area contributed by atoms with Crippen LogP contribution in [0.25, 0.3) is 0 Å². The van der Waals surface area contributed by atoms with Gasteiger partial charge in [-0.25, -0.2) is 9.97 Å². The highest BCUT2D eigenvalue weighted by Crippen LogP contribution is 2.18. The summed E-state index contributed by atoms with van der Waals surface area (Å²) in [6, 6.07) is 0. The van der Waals surface area contributed by atoms with Gasteiger partial charge in [-0.15, -0.1) is 0 Å². The Morgan fingerprint density at radius 3 is 2.71 bits per heavy atom. The van der Waals surface area contributed by atoms with Gasteiger partial charge in [0.1, 0.15) is 11.6 Å². The smallest absolute Gasteiger partial charge is 0.143 e. The summed E-state index contributed by atoms with van der Waals surface area (Å²) in [6.45, 7) is 2.02. The van der Waals surface area contributed by atoms with E-state index in [1.54, 1.807) is 0 Å². The first-order valence-electron chi connectivity index (χ1n) is 4.38. The van der Waals surface area contributed by atoms with Crippen molar-refractivity contribution in [3.05, 3.63) is 15.1 Å². The molecule has 1 heterocycles. The number of nitrogens with one attached hydrogen (secondary N) is 1. The third kappa shape index (κ3) is 2.98. The molecule has 1 aromatic rings. The predicted molar refractivity (Wildman–Crippen MR) is 71.1 cm³/mol. The number of hydrogen-bond acceptors (Lipinski definition) is 4. The second kappa shape index (κ2) is 5.75. The van der Waals surface area contributed by atoms with Crippen LogP contribution in [-0.4, -0.2) is 29.0 Å². The Hall–Kier alpha value is -0.0400. The van der Waals surface area contributed by atoms with E-state index in [-0.39, 0.29) is 0 Å². The Morgan fingerprint density at radius 1 is 1.43 bits per heavy atom. The van der Waals surface area contributed by atoms with Gasteiger partial charge in [0.25, 0.3) is 0 Å². The molecular formula is C9H14IN3S. The first-order chi connectivity index (χ1) is 6.69. The van der Waals surface area contributed by atoms with E-state index in [2.05, 4.69) is 44.1 Å². The highest BCUT2D eigenvalue weighted by atomic mass is 127. The second-order valence-corrected chi connectivity index (χ2v) is 4.94. The Bertz CT molecular complexity index is 317. The zero-order chi connectivity index (χ0) is 10.6. The summed E-state index contributed by atoms with van der Waals surface area (Å²) in [6.07, 6.45) is 3.03. The van der Waals surface area contributed by atoms with Crippen molar-refractivity contribution in [3.8, 4) is 0 Å². The van der Waals surface area contributed by atoms with Gasteiger partial charge in [0.2, 0.25) is 0 Å². The molecule has 0 aliphatic carbocycles. The van der Waals surface area contributed by atoms with E-state index in [9.17, 15) is 0 Å². The highest BCUT2D eigenvalue weighted by Gasteiger charge is 2.07. The topological polar surface area (TPSA) is 37.8 Å². The fourth-order valence-electron chi connectivity index (χ4n) is 1.09. The van der Waals surface area contributed by atoms with Gasteiger partial charge in [0.05, 0.1) is 9.26 Å². The third-order valence-corrected chi connectivity index (χ3v) is 3.73. The molecule has 0 aromatic carbocycles. The number of nitrogens with zero attached hydrogens (tertiary/aromatic N) is 2. The standard InChI is InChI=1S/C9H14IN3S/c1-6-8(10)9(11-2)13-7(12-6)4-5-14-3/h4-5H2,1-3H3,(H,11,12,13). The molecule has 1 rings (SSSR count). The number of rotatable bonds is 4. The fraction of sp³-hybridized carbons (Fsp3) is 0.556. The van der Waals surface area contributed by atoms with Crippen LogP contribution in [0.1, 0.15) is 11.5 Å². The first kappa shape index (κ1) is 12.0. The minimum absolute atomic E-state index is 0.932. The van der Waals surface area contributed by atoms with Gasteiger partial charge in [-0.3, -0.25) is 0 Å². The van der Waals surface area contributed by atoms with E-state index in [0.717, 1.165) is 33.1 Å². The predicted octanol–water partition coefficient (Wildman–Crippen LogP) is 2.34. The van der Waals surface area contributed by atoms with Crippen LogP contribution in [0.4, 0.5) is 5.82 Å². The van der Waals surface area contributed by atoms with Crippen LogP contribution < -0.4 is 5.32 Å². The quantitative estimate of drug-likeness (QED) is 0.863. The SMILES string of the molecule is CNc1nc(CCSC)nc(C)c1I. The van der Waals surface area contributed by atoms with Crippen LogP contribution in [0.2, 0.25) is 0 Å². The minimum Gasteiger partial charge on any atom is -0.372 e. The summed E-state index contributed by atoms with van der Waals surface area (Å²) in [5.41, 5.74) is 1.06. The Kier molecular flexibility index (Phi) is 4.94. The van der Waals surface area contributed by atoms with Gasteiger partial charge in [-0.05, 0) is 35.8 Å². The molecule has 0 fully saturated rings. The summed E-state index contributed by atoms with van der Waals surface area (Å²) in [4.78, 5) is 8.89. The molecule has 0 amide bonds. The Morgan fingerprint density at radius 2 is 2.14 bits per heavy atom. The fourth-order valence-corrected chi connectivity index (χ4v) is 1.99. The maximum absolute atomic E-state index is 4.45. The normalized spacial score (nSPS) is 10.3. The largest absolute Gasteiger partial charge is 0.372 e. The molecular weight excluding hydrogens is 309 g/mol. The van der Waals surface area contributed by atoms with E-state index in [4.69, 9.17) is 0 Å². The van der Waals surface area contributed by atoms with Gasteiger partial charge in [-0.1, -0.05) is 0 Å². The maximum Gasteiger partial charge on any atom is 0.143 e. The van der Waals surface area contributed by atoms with Gasteiger partial charge < -0.3 is 5.32 Å². The lowest BCUT2D eigenvalue weighted by atomic mass is 10.3. The van der Waals surface area contributed by atoms with Gasteiger partial charge in [-0.2, -0.15) is 11.8 Å². The highest BCUT2D eigenvalue weighted by molar-refractivity contribution is 14.1. The molecule has 0 aliphatic heterocycles. The molecule has 0 radical (unpaired) electrons. The number of anilines is 1. The number of aromatic nitrogens is 2. The van der Waals surface area contributed by atoms with Crippen molar-refractivity contribution in [3.63, 3.8) is 0 Å². The van der Waals surface area contributed by atoms with Crippen LogP contribution in [0.15, 0.2) is 0 Å². The van der Waals surface area contributed by atoms with Crippen LogP contribution >= 0.6 is 34.4 Å². The van der Waals surface area contributed by atoms with Crippen molar-refractivity contribution < 1.29 is 0 Å². The average Bonchev–Trinajstić information content (AvgIpc) is 2.19. The lowest BCUT2D eigenvalue weighted by Gasteiger charge is -2.07. The average molecular weight is 323 g/mol. The molecule has 0 saturated carbocycles. The molecule has 5 heteroatoms. The molecule has 3 nitrogen and oxygen atoms in total. The van der Waals surface area contributed by atoms with Crippen molar-refractivity contribution in [2.45, 2.75) is 13.3 Å². The van der Waals surface area contributed by atoms with Crippen LogP contribution in [0.3, 0.4) is 0 Å². The Labute approximate surface area is 103 Å². The van der Waals surface area contributed by atoms with Gasteiger partial charge >= 0.3 is 0 Å². The summed E-state index contributed by atoms with van der Waals surface area (Å²) in [5.74, 6) is 2.94. The van der Waals surface area contributed by atoms with E-state index < -0.39 is 0 Å². The second-order valence-electron chi connectivity index (χ2n) is 2.88. The van der Waals surface area contributed by atoms with Crippen molar-refractivity contribution >= 4 is 40.2 Å². The van der Waals surface area contributed by atoms with E-state index >= 15 is 0 Å². The first-order valence-corrected chi connectivity index (χ1v) is 6.86. The Balaban J connectivity index is 2.91. The monoisotopic (exact) mass is 323 g/mol. The number of hydrogen-bond donors (Lipinski definition) is 1. The zero-order valence-electron chi connectivity index (χ0n) is 8.59. The van der Waals surface area contributed by atoms with Crippen molar-refractivity contribution in [1.29, 1.82) is 0 Å². The van der Waals surface area contributed by atoms with Crippen LogP contribution in [-0.2, 0) is 6.42 Å². The minimum atomic E-state index is 0.932. The number of thioether (sulfide) groups is 1. The molecule has 0 atom stereocenters.